The summed E-state index contributed by atoms with van der Waals surface area (Å²) in [4.78, 5) is 14.4. The van der Waals surface area contributed by atoms with Crippen molar-refractivity contribution < 1.29 is 4.79 Å². The highest BCUT2D eigenvalue weighted by Gasteiger charge is 2.28. The predicted octanol–water partition coefficient (Wildman–Crippen LogP) is 4.06. The molecule has 0 aliphatic heterocycles. The number of carbonyl (C=O) groups excluding carboxylic acids is 1. The maximum Gasteiger partial charge on any atom is 0.222 e. The summed E-state index contributed by atoms with van der Waals surface area (Å²) in [5.41, 5.74) is 0. The Labute approximate surface area is 165 Å². The number of aromatic nitrogens is 4. The minimum atomic E-state index is 0.109. The zero-order valence-corrected chi connectivity index (χ0v) is 17.2. The molecule has 1 aromatic heterocycles. The molecule has 146 valence electrons. The maximum atomic E-state index is 12.4. The second-order valence-electron chi connectivity index (χ2n) is 7.52. The zero-order valence-electron chi connectivity index (χ0n) is 15.6. The topological polar surface area (TPSA) is 63.9 Å². The Balaban J connectivity index is 1.42. The van der Waals surface area contributed by atoms with Crippen molar-refractivity contribution >= 4 is 29.3 Å². The number of hydrogen-bond donors (Lipinski definition) is 0. The largest absolute Gasteiger partial charge is 0.343 e. The Morgan fingerprint density at radius 2 is 1.92 bits per heavy atom. The number of alkyl halides is 1. The van der Waals surface area contributed by atoms with Crippen LogP contribution in [0.4, 0.5) is 0 Å². The van der Waals surface area contributed by atoms with E-state index >= 15 is 0 Å². The Morgan fingerprint density at radius 1 is 1.19 bits per heavy atom. The molecule has 2 aliphatic rings. The smallest absolute Gasteiger partial charge is 0.222 e. The molecule has 26 heavy (non-hydrogen) atoms. The van der Waals surface area contributed by atoms with Crippen LogP contribution < -0.4 is 0 Å². The van der Waals surface area contributed by atoms with Gasteiger partial charge in [-0.2, -0.15) is 0 Å². The van der Waals surface area contributed by atoms with E-state index in [1.54, 1.807) is 11.8 Å². The highest BCUT2D eigenvalue weighted by Crippen LogP contribution is 2.34. The van der Waals surface area contributed by atoms with Crippen molar-refractivity contribution in [2.24, 2.45) is 0 Å². The van der Waals surface area contributed by atoms with E-state index in [4.69, 9.17) is 11.6 Å². The Hall–Kier alpha value is -0.820. The first-order valence-electron chi connectivity index (χ1n) is 9.97. The van der Waals surface area contributed by atoms with Crippen LogP contribution in [-0.2, 0) is 4.79 Å². The van der Waals surface area contributed by atoms with Gasteiger partial charge in [0.1, 0.15) is 0 Å². The van der Waals surface area contributed by atoms with E-state index in [0.717, 1.165) is 43.0 Å². The summed E-state index contributed by atoms with van der Waals surface area (Å²) in [5.74, 6) is 1.12. The SMILES string of the molecule is CN(C(=O)CCCSc1nnnn1C1CCCCC1Cl)C1CCCCC1. The predicted molar refractivity (Wildman–Crippen MR) is 105 cm³/mol. The van der Waals surface area contributed by atoms with Gasteiger partial charge in [0.15, 0.2) is 0 Å². The van der Waals surface area contributed by atoms with E-state index in [9.17, 15) is 4.79 Å². The fraction of sp³-hybridized carbons (Fsp3) is 0.889. The van der Waals surface area contributed by atoms with Crippen molar-refractivity contribution in [2.45, 2.75) is 93.2 Å². The van der Waals surface area contributed by atoms with Gasteiger partial charge in [0, 0.05) is 25.3 Å². The average Bonchev–Trinajstić information content (AvgIpc) is 3.14. The van der Waals surface area contributed by atoms with Crippen LogP contribution in [-0.4, -0.2) is 55.2 Å². The molecule has 2 aliphatic carbocycles. The molecule has 8 heteroatoms. The summed E-state index contributed by atoms with van der Waals surface area (Å²) in [6.07, 6.45) is 12.0. The fourth-order valence-electron chi connectivity index (χ4n) is 4.07. The number of halogens is 1. The van der Waals surface area contributed by atoms with Crippen LogP contribution in [0, 0.1) is 0 Å². The van der Waals surface area contributed by atoms with Gasteiger partial charge in [0.25, 0.3) is 0 Å². The minimum Gasteiger partial charge on any atom is -0.343 e. The van der Waals surface area contributed by atoms with Crippen molar-refractivity contribution in [3.8, 4) is 0 Å². The summed E-state index contributed by atoms with van der Waals surface area (Å²) >= 11 is 8.12. The van der Waals surface area contributed by atoms with Crippen LogP contribution in [0.3, 0.4) is 0 Å². The van der Waals surface area contributed by atoms with Crippen molar-refractivity contribution in [2.75, 3.05) is 12.8 Å². The van der Waals surface area contributed by atoms with Crippen LogP contribution in [0.1, 0.15) is 76.7 Å². The van der Waals surface area contributed by atoms with E-state index in [0.29, 0.717) is 12.5 Å². The number of hydrogen-bond acceptors (Lipinski definition) is 5. The lowest BCUT2D eigenvalue weighted by molar-refractivity contribution is -0.132. The molecule has 0 N–H and O–H groups in total. The molecule has 0 bridgehead atoms. The lowest BCUT2D eigenvalue weighted by atomic mass is 9.94. The lowest BCUT2D eigenvalue weighted by Crippen LogP contribution is -2.38. The first-order chi connectivity index (χ1) is 12.7. The lowest BCUT2D eigenvalue weighted by Gasteiger charge is -2.31. The van der Waals surface area contributed by atoms with Crippen LogP contribution in [0.25, 0.3) is 0 Å². The van der Waals surface area contributed by atoms with E-state index in [-0.39, 0.29) is 17.3 Å². The summed E-state index contributed by atoms with van der Waals surface area (Å²) in [6.45, 7) is 0. The molecular formula is C18H30ClN5OS. The van der Waals surface area contributed by atoms with Crippen molar-refractivity contribution in [3.63, 3.8) is 0 Å². The molecule has 2 fully saturated rings. The standard InChI is InChI=1S/C18H30ClN5OS/c1-23(14-8-3-2-4-9-14)17(25)12-7-13-26-18-20-21-22-24(18)16-11-6-5-10-15(16)19/h14-16H,2-13H2,1H3. The van der Waals surface area contributed by atoms with Gasteiger partial charge in [-0.05, 0) is 42.5 Å². The zero-order chi connectivity index (χ0) is 18.4. The summed E-state index contributed by atoms with van der Waals surface area (Å²) in [5, 5.41) is 13.1. The summed E-state index contributed by atoms with van der Waals surface area (Å²) < 4.78 is 1.90. The molecule has 0 aromatic carbocycles. The van der Waals surface area contributed by atoms with Gasteiger partial charge in [-0.3, -0.25) is 4.79 Å². The van der Waals surface area contributed by atoms with Crippen LogP contribution in [0.2, 0.25) is 0 Å². The third-order valence-corrected chi connectivity index (χ3v) is 7.23. The molecule has 2 unspecified atom stereocenters. The molecule has 0 saturated heterocycles. The minimum absolute atomic E-state index is 0.109. The Kier molecular flexibility index (Phi) is 7.61. The van der Waals surface area contributed by atoms with Gasteiger partial charge in [0.05, 0.1) is 11.4 Å². The molecule has 0 radical (unpaired) electrons. The third-order valence-electron chi connectivity index (χ3n) is 5.71. The van der Waals surface area contributed by atoms with Crippen LogP contribution >= 0.6 is 23.4 Å². The number of tetrazole rings is 1. The van der Waals surface area contributed by atoms with Crippen molar-refractivity contribution in [1.82, 2.24) is 25.1 Å². The fourth-order valence-corrected chi connectivity index (χ4v) is 5.32. The maximum absolute atomic E-state index is 12.4. The number of carbonyl (C=O) groups is 1. The molecule has 2 atom stereocenters. The van der Waals surface area contributed by atoms with Gasteiger partial charge in [-0.25, -0.2) is 4.68 Å². The van der Waals surface area contributed by atoms with E-state index in [2.05, 4.69) is 15.5 Å². The third kappa shape index (κ3) is 5.12. The number of nitrogens with zero attached hydrogens (tertiary/aromatic N) is 5. The summed E-state index contributed by atoms with van der Waals surface area (Å²) in [7, 11) is 1.97. The second kappa shape index (κ2) is 9.93. The highest BCUT2D eigenvalue weighted by atomic mass is 35.5. The monoisotopic (exact) mass is 399 g/mol. The van der Waals surface area contributed by atoms with Gasteiger partial charge >= 0.3 is 0 Å². The molecule has 1 amide bonds. The van der Waals surface area contributed by atoms with Gasteiger partial charge in [-0.1, -0.05) is 43.9 Å². The number of thioether (sulfide) groups is 1. The van der Waals surface area contributed by atoms with E-state index in [1.165, 1.54) is 32.1 Å². The Bertz CT molecular complexity index is 578. The number of amides is 1. The second-order valence-corrected chi connectivity index (χ2v) is 9.14. The van der Waals surface area contributed by atoms with Crippen LogP contribution in [0.15, 0.2) is 5.16 Å². The summed E-state index contributed by atoms with van der Waals surface area (Å²) in [6, 6.07) is 0.644. The van der Waals surface area contributed by atoms with Crippen molar-refractivity contribution in [1.29, 1.82) is 0 Å². The molecular weight excluding hydrogens is 370 g/mol. The molecule has 1 heterocycles. The molecule has 0 spiro atoms. The van der Waals surface area contributed by atoms with Crippen LogP contribution in [0.5, 0.6) is 0 Å². The molecule has 2 saturated carbocycles. The molecule has 3 rings (SSSR count). The quantitative estimate of drug-likeness (QED) is 0.393. The van der Waals surface area contributed by atoms with Gasteiger partial charge < -0.3 is 4.90 Å². The Morgan fingerprint density at radius 3 is 2.69 bits per heavy atom. The number of rotatable bonds is 7. The first-order valence-corrected chi connectivity index (χ1v) is 11.4. The highest BCUT2D eigenvalue weighted by molar-refractivity contribution is 7.99. The van der Waals surface area contributed by atoms with E-state index in [1.807, 2.05) is 16.6 Å². The first kappa shape index (κ1) is 19.9. The average molecular weight is 400 g/mol. The normalized spacial score (nSPS) is 24.5. The van der Waals surface area contributed by atoms with Gasteiger partial charge in [-0.15, -0.1) is 16.7 Å². The van der Waals surface area contributed by atoms with E-state index < -0.39 is 0 Å². The van der Waals surface area contributed by atoms with Crippen molar-refractivity contribution in [3.05, 3.63) is 0 Å². The molecule has 1 aromatic rings. The molecule has 6 nitrogen and oxygen atoms in total. The van der Waals surface area contributed by atoms with Gasteiger partial charge in [0.2, 0.25) is 11.1 Å².